The SMILES string of the molecule is CC1=CC2C(c3ccccc3)Oc3c(oc4ccc(Cl)cc4c3=O)C2O1. The average Bonchev–Trinajstić information content (AvgIpc) is 3.04. The normalized spacial score (nSPS) is 23.6. The van der Waals surface area contributed by atoms with Crippen LogP contribution < -0.4 is 10.2 Å². The van der Waals surface area contributed by atoms with Gasteiger partial charge in [0.15, 0.2) is 11.9 Å². The zero-order valence-electron chi connectivity index (χ0n) is 13.9. The molecule has 0 fully saturated rings. The summed E-state index contributed by atoms with van der Waals surface area (Å²) < 4.78 is 18.2. The van der Waals surface area contributed by atoms with Crippen molar-refractivity contribution in [2.75, 3.05) is 0 Å². The number of halogens is 1. The van der Waals surface area contributed by atoms with Gasteiger partial charge in [-0.1, -0.05) is 41.9 Å². The molecule has 26 heavy (non-hydrogen) atoms. The molecular weight excluding hydrogens is 352 g/mol. The fourth-order valence-corrected chi connectivity index (χ4v) is 3.93. The zero-order chi connectivity index (χ0) is 17.8. The minimum atomic E-state index is -0.378. The molecule has 0 aliphatic carbocycles. The Morgan fingerprint density at radius 2 is 1.81 bits per heavy atom. The van der Waals surface area contributed by atoms with Gasteiger partial charge in [0.1, 0.15) is 11.7 Å². The maximum Gasteiger partial charge on any atom is 0.235 e. The Morgan fingerprint density at radius 1 is 1.00 bits per heavy atom. The summed E-state index contributed by atoms with van der Waals surface area (Å²) in [7, 11) is 0. The van der Waals surface area contributed by atoms with E-state index in [1.807, 2.05) is 43.3 Å². The number of fused-ring (bicyclic) bond motifs is 4. The van der Waals surface area contributed by atoms with Gasteiger partial charge in [-0.15, -0.1) is 0 Å². The van der Waals surface area contributed by atoms with E-state index in [-0.39, 0.29) is 29.3 Å². The third kappa shape index (κ3) is 2.26. The van der Waals surface area contributed by atoms with Crippen molar-refractivity contribution in [2.45, 2.75) is 19.1 Å². The van der Waals surface area contributed by atoms with Crippen LogP contribution in [0.15, 0.2) is 69.6 Å². The van der Waals surface area contributed by atoms with Crippen LogP contribution in [0.4, 0.5) is 0 Å². The second-order valence-electron chi connectivity index (χ2n) is 6.61. The Morgan fingerprint density at radius 3 is 2.62 bits per heavy atom. The molecule has 3 aromatic rings. The molecule has 5 rings (SSSR count). The highest BCUT2D eigenvalue weighted by Gasteiger charge is 2.46. The predicted molar refractivity (Wildman–Crippen MR) is 98.4 cm³/mol. The van der Waals surface area contributed by atoms with E-state index in [4.69, 9.17) is 25.5 Å². The Hall–Kier alpha value is -2.72. The smallest absolute Gasteiger partial charge is 0.235 e. The molecule has 0 saturated carbocycles. The maximum absolute atomic E-state index is 13.1. The van der Waals surface area contributed by atoms with Gasteiger partial charge in [0.2, 0.25) is 11.2 Å². The van der Waals surface area contributed by atoms with Crippen LogP contribution in [0, 0.1) is 5.92 Å². The van der Waals surface area contributed by atoms with E-state index in [1.54, 1.807) is 18.2 Å². The van der Waals surface area contributed by atoms with Crippen molar-refractivity contribution in [3.05, 3.63) is 86.9 Å². The van der Waals surface area contributed by atoms with Crippen LogP contribution in [0.2, 0.25) is 5.02 Å². The van der Waals surface area contributed by atoms with Gasteiger partial charge >= 0.3 is 0 Å². The summed E-state index contributed by atoms with van der Waals surface area (Å²) in [6, 6.07) is 14.9. The number of hydrogen-bond acceptors (Lipinski definition) is 4. The van der Waals surface area contributed by atoms with Gasteiger partial charge < -0.3 is 13.9 Å². The van der Waals surface area contributed by atoms with Gasteiger partial charge in [0, 0.05) is 5.02 Å². The first-order chi connectivity index (χ1) is 12.6. The molecule has 3 heterocycles. The summed E-state index contributed by atoms with van der Waals surface area (Å²) in [4.78, 5) is 13.1. The van der Waals surface area contributed by atoms with Crippen LogP contribution in [0.3, 0.4) is 0 Å². The zero-order valence-corrected chi connectivity index (χ0v) is 14.7. The molecule has 5 heteroatoms. The number of rotatable bonds is 1. The first-order valence-electron chi connectivity index (χ1n) is 8.45. The first kappa shape index (κ1) is 15.5. The first-order valence-corrected chi connectivity index (χ1v) is 8.82. The lowest BCUT2D eigenvalue weighted by Gasteiger charge is -2.33. The Balaban J connectivity index is 1.74. The quantitative estimate of drug-likeness (QED) is 0.596. The second-order valence-corrected chi connectivity index (χ2v) is 7.04. The molecule has 2 aromatic carbocycles. The van der Waals surface area contributed by atoms with E-state index in [0.29, 0.717) is 21.8 Å². The molecule has 0 N–H and O–H groups in total. The van der Waals surface area contributed by atoms with Crippen molar-refractivity contribution in [2.24, 2.45) is 5.92 Å². The molecule has 130 valence electrons. The molecule has 2 aliphatic rings. The molecule has 0 saturated heterocycles. The van der Waals surface area contributed by atoms with Crippen LogP contribution in [-0.4, -0.2) is 0 Å². The Bertz CT molecular complexity index is 1100. The number of hydrogen-bond donors (Lipinski definition) is 0. The van der Waals surface area contributed by atoms with Gasteiger partial charge in [-0.25, -0.2) is 0 Å². The lowest BCUT2D eigenvalue weighted by atomic mass is 9.87. The summed E-state index contributed by atoms with van der Waals surface area (Å²) in [5.41, 5.74) is 1.25. The minimum absolute atomic E-state index is 0.0576. The van der Waals surface area contributed by atoms with E-state index in [2.05, 4.69) is 0 Å². The molecule has 0 bridgehead atoms. The summed E-state index contributed by atoms with van der Waals surface area (Å²) in [5, 5.41) is 0.886. The van der Waals surface area contributed by atoms with E-state index in [0.717, 1.165) is 11.3 Å². The van der Waals surface area contributed by atoms with Crippen molar-refractivity contribution in [3.8, 4) is 5.75 Å². The lowest BCUT2D eigenvalue weighted by Crippen LogP contribution is -2.30. The number of ether oxygens (including phenoxy) is 2. The van der Waals surface area contributed by atoms with E-state index >= 15 is 0 Å². The molecule has 3 atom stereocenters. The number of allylic oxidation sites excluding steroid dienone is 1. The van der Waals surface area contributed by atoms with Crippen LogP contribution in [0.5, 0.6) is 5.75 Å². The Labute approximate surface area is 154 Å². The fraction of sp³-hybridized carbons (Fsp3) is 0.190. The van der Waals surface area contributed by atoms with Gasteiger partial charge in [-0.3, -0.25) is 4.79 Å². The van der Waals surface area contributed by atoms with Gasteiger partial charge in [0.05, 0.1) is 17.1 Å². The van der Waals surface area contributed by atoms with E-state index in [1.165, 1.54) is 0 Å². The lowest BCUT2D eigenvalue weighted by molar-refractivity contribution is 0.00806. The second kappa shape index (κ2) is 5.64. The molecule has 2 aliphatic heterocycles. The molecule has 0 amide bonds. The molecule has 0 radical (unpaired) electrons. The Kier molecular flexibility index (Phi) is 3.37. The average molecular weight is 367 g/mol. The third-order valence-electron chi connectivity index (χ3n) is 4.91. The highest BCUT2D eigenvalue weighted by molar-refractivity contribution is 6.31. The van der Waals surface area contributed by atoms with Crippen molar-refractivity contribution < 1.29 is 13.9 Å². The van der Waals surface area contributed by atoms with Crippen LogP contribution in [-0.2, 0) is 4.74 Å². The molecule has 4 nitrogen and oxygen atoms in total. The van der Waals surface area contributed by atoms with Crippen LogP contribution in [0.25, 0.3) is 11.0 Å². The minimum Gasteiger partial charge on any atom is -0.486 e. The summed E-state index contributed by atoms with van der Waals surface area (Å²) in [6.45, 7) is 1.90. The fourth-order valence-electron chi connectivity index (χ4n) is 3.76. The summed E-state index contributed by atoms with van der Waals surface area (Å²) >= 11 is 6.05. The van der Waals surface area contributed by atoms with Crippen LogP contribution in [0.1, 0.15) is 30.5 Å². The van der Waals surface area contributed by atoms with Crippen molar-refractivity contribution in [1.29, 1.82) is 0 Å². The number of benzene rings is 2. The van der Waals surface area contributed by atoms with Crippen LogP contribution >= 0.6 is 11.6 Å². The van der Waals surface area contributed by atoms with E-state index in [9.17, 15) is 4.79 Å². The third-order valence-corrected chi connectivity index (χ3v) is 5.14. The van der Waals surface area contributed by atoms with Gasteiger partial charge in [-0.05, 0) is 36.8 Å². The largest absolute Gasteiger partial charge is 0.486 e. The van der Waals surface area contributed by atoms with Crippen molar-refractivity contribution >= 4 is 22.6 Å². The molecule has 0 spiro atoms. The standard InChI is InChI=1S/C21H15ClO4/c1-11-9-15-18(12-5-3-2-4-6-12)26-20-17(23)14-10-13(22)7-8-16(14)25-21(20)19(15)24-11/h2-10,15,18-19H,1H3. The maximum atomic E-state index is 13.1. The predicted octanol–water partition coefficient (Wildman–Crippen LogP) is 5.17. The monoisotopic (exact) mass is 366 g/mol. The van der Waals surface area contributed by atoms with Gasteiger partial charge in [-0.2, -0.15) is 0 Å². The van der Waals surface area contributed by atoms with Crippen molar-refractivity contribution in [1.82, 2.24) is 0 Å². The van der Waals surface area contributed by atoms with E-state index < -0.39 is 0 Å². The topological polar surface area (TPSA) is 48.7 Å². The molecule has 1 aromatic heterocycles. The summed E-state index contributed by atoms with van der Waals surface area (Å²) in [6.07, 6.45) is 1.35. The van der Waals surface area contributed by atoms with Crippen molar-refractivity contribution in [3.63, 3.8) is 0 Å². The molecular formula is C21H15ClO4. The highest BCUT2D eigenvalue weighted by atomic mass is 35.5. The molecule has 3 unspecified atom stereocenters. The summed E-state index contributed by atoms with van der Waals surface area (Å²) in [5.74, 6) is 1.39. The highest BCUT2D eigenvalue weighted by Crippen LogP contribution is 2.51. The van der Waals surface area contributed by atoms with Gasteiger partial charge in [0.25, 0.3) is 0 Å².